The van der Waals surface area contributed by atoms with E-state index in [0.29, 0.717) is 6.04 Å². The zero-order chi connectivity index (χ0) is 21.9. The Morgan fingerprint density at radius 3 is 2.72 bits per heavy atom. The first kappa shape index (κ1) is 21.6. The molecule has 5 rings (SSSR count). The van der Waals surface area contributed by atoms with E-state index in [2.05, 4.69) is 21.9 Å². The predicted octanol–water partition coefficient (Wildman–Crippen LogP) is 4.12. The van der Waals surface area contributed by atoms with Crippen molar-refractivity contribution in [1.82, 2.24) is 14.8 Å². The maximum absolute atomic E-state index is 12.0. The summed E-state index contributed by atoms with van der Waals surface area (Å²) < 4.78 is 0. The van der Waals surface area contributed by atoms with Crippen molar-refractivity contribution in [3.63, 3.8) is 0 Å². The van der Waals surface area contributed by atoms with E-state index in [0.717, 1.165) is 56.9 Å². The van der Waals surface area contributed by atoms with E-state index in [1.807, 2.05) is 30.3 Å². The van der Waals surface area contributed by atoms with Crippen LogP contribution in [-0.2, 0) is 24.1 Å². The van der Waals surface area contributed by atoms with Crippen LogP contribution in [0.15, 0.2) is 42.5 Å². The lowest BCUT2D eigenvalue weighted by Gasteiger charge is -2.27. The lowest BCUT2D eigenvalue weighted by molar-refractivity contribution is -0.143. The Morgan fingerprint density at radius 2 is 1.88 bits per heavy atom. The van der Waals surface area contributed by atoms with Crippen molar-refractivity contribution in [2.24, 2.45) is 5.92 Å². The topological polar surface area (TPSA) is 56.7 Å². The largest absolute Gasteiger partial charge is 0.480 e. The molecule has 2 aliphatic heterocycles. The highest BCUT2D eigenvalue weighted by Crippen LogP contribution is 2.31. The zero-order valence-corrected chi connectivity index (χ0v) is 19.0. The molecule has 3 atom stereocenters. The van der Waals surface area contributed by atoms with Gasteiger partial charge in [0.15, 0.2) is 0 Å². The Labute approximate surface area is 191 Å². The highest BCUT2D eigenvalue weighted by atomic mass is 16.4. The van der Waals surface area contributed by atoms with Crippen LogP contribution in [0.25, 0.3) is 0 Å². The van der Waals surface area contributed by atoms with Gasteiger partial charge in [-0.05, 0) is 81.0 Å². The molecule has 2 saturated heterocycles. The Hall–Kier alpha value is -2.24. The molecule has 0 spiro atoms. The molecule has 1 aromatic carbocycles. The SMILES string of the molecule is O=C(O)C(c1ccccc1)N1CC[C@@H](N2CC[C@@H](CCc3ccc4c(n3)CCCC4)C2)C1. The van der Waals surface area contributed by atoms with E-state index >= 15 is 0 Å². The summed E-state index contributed by atoms with van der Waals surface area (Å²) in [6.07, 6.45) is 9.55. The van der Waals surface area contributed by atoms with Gasteiger partial charge in [0.2, 0.25) is 0 Å². The van der Waals surface area contributed by atoms with Crippen molar-refractivity contribution in [3.05, 3.63) is 65.0 Å². The highest BCUT2D eigenvalue weighted by Gasteiger charge is 2.37. The third kappa shape index (κ3) is 4.74. The molecule has 3 heterocycles. The molecule has 1 unspecified atom stereocenters. The lowest BCUT2D eigenvalue weighted by atomic mass is 9.95. The monoisotopic (exact) mass is 433 g/mol. The van der Waals surface area contributed by atoms with Gasteiger partial charge >= 0.3 is 5.97 Å². The minimum Gasteiger partial charge on any atom is -0.480 e. The smallest absolute Gasteiger partial charge is 0.325 e. The standard InChI is InChI=1S/C27H35N3O2/c31-27(32)26(22-7-2-1-3-8-22)30-17-15-24(19-30)29-16-14-20(18-29)10-12-23-13-11-21-6-4-5-9-25(21)28-23/h1-3,7-8,11,13,20,24,26H,4-6,9-10,12,14-19H2,(H,31,32)/t20-,24-,26?/m1/s1. The molecule has 170 valence electrons. The van der Waals surface area contributed by atoms with E-state index in [-0.39, 0.29) is 0 Å². The Morgan fingerprint density at radius 1 is 1.03 bits per heavy atom. The summed E-state index contributed by atoms with van der Waals surface area (Å²) in [5, 5.41) is 9.87. The first-order chi connectivity index (χ1) is 15.7. The van der Waals surface area contributed by atoms with E-state index in [1.54, 1.807) is 0 Å². The third-order valence-electron chi connectivity index (χ3n) is 7.79. The molecule has 0 radical (unpaired) electrons. The fraction of sp³-hybridized carbons (Fsp3) is 0.556. The van der Waals surface area contributed by atoms with Gasteiger partial charge in [-0.2, -0.15) is 0 Å². The summed E-state index contributed by atoms with van der Waals surface area (Å²) in [7, 11) is 0. The lowest BCUT2D eigenvalue weighted by Crippen LogP contribution is -2.38. The molecule has 1 aromatic heterocycles. The fourth-order valence-corrected chi connectivity index (χ4v) is 5.99. The maximum atomic E-state index is 12.0. The van der Waals surface area contributed by atoms with Crippen molar-refractivity contribution in [2.75, 3.05) is 26.2 Å². The minimum atomic E-state index is -0.742. The number of hydrogen-bond donors (Lipinski definition) is 1. The number of pyridine rings is 1. The molecule has 3 aliphatic rings. The van der Waals surface area contributed by atoms with Gasteiger partial charge in [0, 0.05) is 37.1 Å². The maximum Gasteiger partial charge on any atom is 0.325 e. The number of rotatable bonds is 7. The van der Waals surface area contributed by atoms with Crippen LogP contribution in [0.1, 0.15) is 60.7 Å². The number of carboxylic acids is 1. The van der Waals surface area contributed by atoms with Crippen LogP contribution in [0.3, 0.4) is 0 Å². The predicted molar refractivity (Wildman–Crippen MR) is 126 cm³/mol. The molecule has 2 aromatic rings. The van der Waals surface area contributed by atoms with E-state index < -0.39 is 12.0 Å². The van der Waals surface area contributed by atoms with Gasteiger partial charge in [0.25, 0.3) is 0 Å². The average Bonchev–Trinajstić information content (AvgIpc) is 3.48. The van der Waals surface area contributed by atoms with E-state index in [9.17, 15) is 9.90 Å². The van der Waals surface area contributed by atoms with Gasteiger partial charge in [-0.15, -0.1) is 0 Å². The molecule has 1 aliphatic carbocycles. The van der Waals surface area contributed by atoms with Gasteiger partial charge in [0.1, 0.15) is 6.04 Å². The number of aliphatic carboxylic acids is 1. The second kappa shape index (κ2) is 9.72. The summed E-state index contributed by atoms with van der Waals surface area (Å²) in [5.41, 5.74) is 4.97. The molecular formula is C27H35N3O2. The van der Waals surface area contributed by atoms with Gasteiger partial charge in [-0.25, -0.2) is 0 Å². The molecule has 5 nitrogen and oxygen atoms in total. The quantitative estimate of drug-likeness (QED) is 0.712. The number of hydrogen-bond acceptors (Lipinski definition) is 4. The normalized spacial score (nSPS) is 25.0. The second-order valence-electron chi connectivity index (χ2n) is 9.89. The number of carbonyl (C=O) groups is 1. The molecule has 0 saturated carbocycles. The average molecular weight is 434 g/mol. The molecule has 5 heteroatoms. The number of fused-ring (bicyclic) bond motifs is 1. The number of likely N-dealkylation sites (tertiary alicyclic amines) is 2. The van der Waals surface area contributed by atoms with Gasteiger partial charge < -0.3 is 5.11 Å². The first-order valence-corrected chi connectivity index (χ1v) is 12.4. The number of benzene rings is 1. The number of carboxylic acid groups (broad SMARTS) is 1. The molecule has 32 heavy (non-hydrogen) atoms. The van der Waals surface area contributed by atoms with Crippen molar-refractivity contribution < 1.29 is 9.90 Å². The van der Waals surface area contributed by atoms with Crippen molar-refractivity contribution in [2.45, 2.75) is 63.5 Å². The molecule has 2 fully saturated rings. The Kier molecular flexibility index (Phi) is 6.56. The third-order valence-corrected chi connectivity index (χ3v) is 7.79. The summed E-state index contributed by atoms with van der Waals surface area (Å²) in [5.74, 6) is -0.0139. The fourth-order valence-electron chi connectivity index (χ4n) is 5.99. The Bertz CT molecular complexity index is 932. The van der Waals surface area contributed by atoms with Crippen LogP contribution in [0.4, 0.5) is 0 Å². The van der Waals surface area contributed by atoms with Crippen LogP contribution < -0.4 is 0 Å². The summed E-state index contributed by atoms with van der Waals surface area (Å²) in [6.45, 7) is 4.00. The van der Waals surface area contributed by atoms with Crippen molar-refractivity contribution in [3.8, 4) is 0 Å². The second-order valence-corrected chi connectivity index (χ2v) is 9.89. The highest BCUT2D eigenvalue weighted by molar-refractivity contribution is 5.75. The first-order valence-electron chi connectivity index (χ1n) is 12.4. The van der Waals surface area contributed by atoms with Crippen LogP contribution in [-0.4, -0.2) is 58.1 Å². The number of aryl methyl sites for hydroxylation is 3. The minimum absolute atomic E-state index is 0.479. The Balaban J connectivity index is 1.14. The van der Waals surface area contributed by atoms with Crippen molar-refractivity contribution >= 4 is 5.97 Å². The molecule has 1 N–H and O–H groups in total. The van der Waals surface area contributed by atoms with Crippen LogP contribution in [0.5, 0.6) is 0 Å². The van der Waals surface area contributed by atoms with E-state index in [4.69, 9.17) is 4.98 Å². The van der Waals surface area contributed by atoms with E-state index in [1.165, 1.54) is 49.1 Å². The zero-order valence-electron chi connectivity index (χ0n) is 19.0. The molecular weight excluding hydrogens is 398 g/mol. The molecule has 0 amide bonds. The van der Waals surface area contributed by atoms with Gasteiger partial charge in [0.05, 0.1) is 0 Å². The van der Waals surface area contributed by atoms with Gasteiger partial charge in [-0.3, -0.25) is 19.6 Å². The van der Waals surface area contributed by atoms with Crippen LogP contribution in [0.2, 0.25) is 0 Å². The summed E-state index contributed by atoms with van der Waals surface area (Å²) in [6, 6.07) is 14.2. The summed E-state index contributed by atoms with van der Waals surface area (Å²) >= 11 is 0. The number of nitrogens with zero attached hydrogens (tertiary/aromatic N) is 3. The summed E-state index contributed by atoms with van der Waals surface area (Å²) in [4.78, 5) is 21.8. The molecule has 0 bridgehead atoms. The van der Waals surface area contributed by atoms with Gasteiger partial charge in [-0.1, -0.05) is 36.4 Å². The number of aromatic nitrogens is 1. The van der Waals surface area contributed by atoms with Crippen LogP contribution >= 0.6 is 0 Å². The van der Waals surface area contributed by atoms with Crippen molar-refractivity contribution in [1.29, 1.82) is 0 Å². The van der Waals surface area contributed by atoms with Crippen LogP contribution in [0, 0.1) is 5.92 Å².